The Morgan fingerprint density at radius 3 is 2.64 bits per heavy atom. The number of hydrogen-bond donors (Lipinski definition) is 2. The van der Waals surface area contributed by atoms with Gasteiger partial charge in [-0.15, -0.1) is 0 Å². The highest BCUT2D eigenvalue weighted by Gasteiger charge is 2.26. The molecular weight excluding hydrogens is 310 g/mol. The molecule has 2 aromatic carbocycles. The minimum Gasteiger partial charge on any atom is -0.505 e. The molecule has 25 heavy (non-hydrogen) atoms. The topological polar surface area (TPSA) is 52.1 Å². The maximum Gasteiger partial charge on any atom is 0.146 e. The summed E-state index contributed by atoms with van der Waals surface area (Å²) in [7, 11) is 4.07. The van der Waals surface area contributed by atoms with Gasteiger partial charge in [-0.25, -0.2) is 0 Å². The molecule has 0 fully saturated rings. The number of phenols is 1. The van der Waals surface area contributed by atoms with E-state index in [1.807, 2.05) is 50.5 Å². The average molecular weight is 331 g/mol. The third-order valence-electron chi connectivity index (χ3n) is 4.81. The summed E-state index contributed by atoms with van der Waals surface area (Å²) in [6.45, 7) is 2.09. The van der Waals surface area contributed by atoms with Crippen LogP contribution in [0.5, 0.6) is 5.75 Å². The highest BCUT2D eigenvalue weighted by Crippen LogP contribution is 2.40. The number of aryl methyl sites for hydroxylation is 1. The average Bonchev–Trinajstić information content (AvgIpc) is 2.93. The van der Waals surface area contributed by atoms with E-state index >= 15 is 0 Å². The smallest absolute Gasteiger partial charge is 0.146 e. The van der Waals surface area contributed by atoms with E-state index in [9.17, 15) is 5.11 Å². The number of aromatic nitrogens is 2. The van der Waals surface area contributed by atoms with Crippen molar-refractivity contribution < 1.29 is 5.11 Å². The Bertz CT molecular complexity index is 1070. The first kappa shape index (κ1) is 15.7. The van der Waals surface area contributed by atoms with Crippen molar-refractivity contribution >= 4 is 21.8 Å². The molecule has 4 heteroatoms. The van der Waals surface area contributed by atoms with Crippen LogP contribution in [0.4, 0.5) is 0 Å². The Kier molecular flexibility index (Phi) is 3.70. The SMILES string of the molecule is Cc1[nH]c2ccccc2c1C(c1ccc2cccnc2c1O)N(C)C. The van der Waals surface area contributed by atoms with Crippen molar-refractivity contribution in [1.82, 2.24) is 14.9 Å². The molecule has 1 unspecified atom stereocenters. The number of aromatic hydroxyl groups is 1. The van der Waals surface area contributed by atoms with E-state index in [0.29, 0.717) is 5.52 Å². The fourth-order valence-electron chi connectivity index (χ4n) is 3.71. The summed E-state index contributed by atoms with van der Waals surface area (Å²) in [4.78, 5) is 9.97. The lowest BCUT2D eigenvalue weighted by Gasteiger charge is -2.26. The van der Waals surface area contributed by atoms with Crippen LogP contribution in [0, 0.1) is 6.92 Å². The molecule has 0 radical (unpaired) electrons. The maximum absolute atomic E-state index is 10.9. The molecule has 126 valence electrons. The van der Waals surface area contributed by atoms with Gasteiger partial charge in [-0.2, -0.15) is 0 Å². The van der Waals surface area contributed by atoms with Gasteiger partial charge in [0.1, 0.15) is 11.3 Å². The van der Waals surface area contributed by atoms with Crippen molar-refractivity contribution in [2.45, 2.75) is 13.0 Å². The Morgan fingerprint density at radius 2 is 1.84 bits per heavy atom. The second-order valence-electron chi connectivity index (χ2n) is 6.65. The van der Waals surface area contributed by atoms with Crippen LogP contribution < -0.4 is 0 Å². The Labute approximate surface area is 146 Å². The monoisotopic (exact) mass is 331 g/mol. The first-order valence-electron chi connectivity index (χ1n) is 8.38. The molecule has 0 bridgehead atoms. The van der Waals surface area contributed by atoms with Crippen LogP contribution in [-0.2, 0) is 0 Å². The van der Waals surface area contributed by atoms with Crippen LogP contribution in [0.2, 0.25) is 0 Å². The third-order valence-corrected chi connectivity index (χ3v) is 4.81. The van der Waals surface area contributed by atoms with Crippen LogP contribution in [0.1, 0.15) is 22.9 Å². The fourth-order valence-corrected chi connectivity index (χ4v) is 3.71. The summed E-state index contributed by atoms with van der Waals surface area (Å²) in [5, 5.41) is 13.1. The van der Waals surface area contributed by atoms with Gasteiger partial charge >= 0.3 is 0 Å². The molecule has 0 aliphatic rings. The maximum atomic E-state index is 10.9. The molecule has 0 spiro atoms. The zero-order valence-corrected chi connectivity index (χ0v) is 14.6. The van der Waals surface area contributed by atoms with Gasteiger partial charge in [-0.1, -0.05) is 36.4 Å². The summed E-state index contributed by atoms with van der Waals surface area (Å²) < 4.78 is 0. The number of pyridine rings is 1. The number of fused-ring (bicyclic) bond motifs is 2. The fraction of sp³-hybridized carbons (Fsp3) is 0.190. The first-order chi connectivity index (χ1) is 12.1. The standard InChI is InChI=1S/C21H21N3O/c1-13-18(15-8-4-5-9-17(15)23-13)20(24(2)3)16-11-10-14-7-6-12-22-19(14)21(16)25/h4-12,20,23,25H,1-3H3. The largest absolute Gasteiger partial charge is 0.505 e. The zero-order valence-electron chi connectivity index (χ0n) is 14.6. The summed E-state index contributed by atoms with van der Waals surface area (Å²) in [5.74, 6) is 0.251. The van der Waals surface area contributed by atoms with Crippen molar-refractivity contribution in [1.29, 1.82) is 0 Å². The van der Waals surface area contributed by atoms with Crippen molar-refractivity contribution in [3.05, 3.63) is 71.5 Å². The normalized spacial score (nSPS) is 13.0. The van der Waals surface area contributed by atoms with Crippen LogP contribution >= 0.6 is 0 Å². The molecule has 0 aliphatic heterocycles. The molecule has 1 atom stereocenters. The predicted molar refractivity (Wildman–Crippen MR) is 102 cm³/mol. The number of rotatable bonds is 3. The molecule has 2 heterocycles. The number of nitrogens with zero attached hydrogens (tertiary/aromatic N) is 2. The van der Waals surface area contributed by atoms with E-state index in [0.717, 1.165) is 22.2 Å². The number of benzene rings is 2. The van der Waals surface area contributed by atoms with Crippen molar-refractivity contribution in [3.8, 4) is 5.75 Å². The predicted octanol–water partition coefficient (Wildman–Crippen LogP) is 4.38. The number of nitrogens with one attached hydrogen (secondary N) is 1. The van der Waals surface area contributed by atoms with Crippen LogP contribution in [-0.4, -0.2) is 34.1 Å². The van der Waals surface area contributed by atoms with Crippen LogP contribution in [0.25, 0.3) is 21.8 Å². The van der Waals surface area contributed by atoms with Gasteiger partial charge in [-0.05, 0) is 33.2 Å². The number of para-hydroxylation sites is 1. The van der Waals surface area contributed by atoms with Gasteiger partial charge in [0.05, 0.1) is 6.04 Å². The second-order valence-corrected chi connectivity index (χ2v) is 6.65. The van der Waals surface area contributed by atoms with Gasteiger partial charge in [0, 0.05) is 39.3 Å². The van der Waals surface area contributed by atoms with Crippen molar-refractivity contribution in [2.75, 3.05) is 14.1 Å². The van der Waals surface area contributed by atoms with E-state index in [-0.39, 0.29) is 11.8 Å². The number of phenolic OH excluding ortho intramolecular Hbond substituents is 1. The lowest BCUT2D eigenvalue weighted by molar-refractivity contribution is 0.333. The zero-order chi connectivity index (χ0) is 17.6. The van der Waals surface area contributed by atoms with E-state index in [4.69, 9.17) is 0 Å². The van der Waals surface area contributed by atoms with Gasteiger partial charge in [-0.3, -0.25) is 9.88 Å². The highest BCUT2D eigenvalue weighted by atomic mass is 16.3. The minimum absolute atomic E-state index is 0.0671. The quantitative estimate of drug-likeness (QED) is 0.586. The van der Waals surface area contributed by atoms with Gasteiger partial charge in [0.2, 0.25) is 0 Å². The molecule has 0 saturated heterocycles. The van der Waals surface area contributed by atoms with Gasteiger partial charge in [0.15, 0.2) is 0 Å². The molecular formula is C21H21N3O. The number of H-pyrrole nitrogens is 1. The Balaban J connectivity index is 1.99. The van der Waals surface area contributed by atoms with Crippen LogP contribution in [0.3, 0.4) is 0 Å². The lowest BCUT2D eigenvalue weighted by atomic mass is 9.93. The van der Waals surface area contributed by atoms with Crippen molar-refractivity contribution in [3.63, 3.8) is 0 Å². The number of aromatic amines is 1. The molecule has 4 nitrogen and oxygen atoms in total. The molecule has 0 aliphatic carbocycles. The molecule has 2 aromatic heterocycles. The van der Waals surface area contributed by atoms with E-state index in [2.05, 4.69) is 33.9 Å². The Morgan fingerprint density at radius 1 is 1.04 bits per heavy atom. The second kappa shape index (κ2) is 5.90. The van der Waals surface area contributed by atoms with E-state index < -0.39 is 0 Å². The summed E-state index contributed by atoms with van der Waals surface area (Å²) in [6, 6.07) is 16.1. The summed E-state index contributed by atoms with van der Waals surface area (Å²) >= 11 is 0. The Hall–Kier alpha value is -2.85. The lowest BCUT2D eigenvalue weighted by Crippen LogP contribution is -2.21. The highest BCUT2D eigenvalue weighted by molar-refractivity contribution is 5.88. The third kappa shape index (κ3) is 2.46. The summed E-state index contributed by atoms with van der Waals surface area (Å²) in [6.07, 6.45) is 1.72. The van der Waals surface area contributed by atoms with Crippen molar-refractivity contribution in [2.24, 2.45) is 0 Å². The van der Waals surface area contributed by atoms with Gasteiger partial charge < -0.3 is 10.1 Å². The summed E-state index contributed by atoms with van der Waals surface area (Å²) in [5.41, 5.74) is 4.92. The van der Waals surface area contributed by atoms with Gasteiger partial charge in [0.25, 0.3) is 0 Å². The number of hydrogen-bond acceptors (Lipinski definition) is 3. The van der Waals surface area contributed by atoms with Crippen LogP contribution in [0.15, 0.2) is 54.7 Å². The van der Waals surface area contributed by atoms with E-state index in [1.54, 1.807) is 6.20 Å². The molecule has 4 aromatic rings. The molecule has 2 N–H and O–H groups in total. The molecule has 4 rings (SSSR count). The molecule has 0 amide bonds. The first-order valence-corrected chi connectivity index (χ1v) is 8.38. The van der Waals surface area contributed by atoms with E-state index in [1.165, 1.54) is 10.9 Å². The molecule has 0 saturated carbocycles. The minimum atomic E-state index is -0.0671.